The van der Waals surface area contributed by atoms with Gasteiger partial charge in [-0.15, -0.1) is 0 Å². The Morgan fingerprint density at radius 3 is 2.40 bits per heavy atom. The van der Waals surface area contributed by atoms with Crippen molar-refractivity contribution in [3.8, 4) is 0 Å². The molecule has 2 aromatic carbocycles. The molecule has 25 heavy (non-hydrogen) atoms. The molecule has 0 saturated heterocycles. The minimum absolute atomic E-state index is 0.0155. The summed E-state index contributed by atoms with van der Waals surface area (Å²) in [7, 11) is -4.04. The summed E-state index contributed by atoms with van der Waals surface area (Å²) < 4.78 is 27.9. The Morgan fingerprint density at radius 1 is 1.04 bits per heavy atom. The normalized spacial score (nSPS) is 22.7. The maximum absolute atomic E-state index is 13.2. The van der Waals surface area contributed by atoms with Crippen LogP contribution in [0.15, 0.2) is 57.9 Å². The average Bonchev–Trinajstić information content (AvgIpc) is 3.09. The van der Waals surface area contributed by atoms with E-state index in [-0.39, 0.29) is 23.5 Å². The summed E-state index contributed by atoms with van der Waals surface area (Å²) in [5, 5.41) is 0. The molecule has 7 heteroatoms. The number of anilines is 1. The SMILES string of the molecule is O=C1CC[C@]2(C1)C(=O)N(S(=O)(=O)c1ccccc1)c1ccc(Br)cc12. The van der Waals surface area contributed by atoms with Gasteiger partial charge in [-0.05, 0) is 42.3 Å². The predicted octanol–water partition coefficient (Wildman–Crippen LogP) is 3.18. The Hall–Kier alpha value is -1.99. The van der Waals surface area contributed by atoms with Crippen LogP contribution in [0.25, 0.3) is 0 Å². The molecule has 2 aromatic rings. The number of fused-ring (bicyclic) bond motifs is 2. The zero-order valence-electron chi connectivity index (χ0n) is 13.1. The van der Waals surface area contributed by atoms with Gasteiger partial charge >= 0.3 is 0 Å². The third kappa shape index (κ3) is 2.29. The summed E-state index contributed by atoms with van der Waals surface area (Å²) in [5.41, 5.74) is -0.123. The van der Waals surface area contributed by atoms with E-state index in [1.807, 2.05) is 0 Å². The first-order valence-corrected chi connectivity index (χ1v) is 10.1. The van der Waals surface area contributed by atoms with Crippen LogP contribution in [0.4, 0.5) is 5.69 Å². The Kier molecular flexibility index (Phi) is 3.63. The summed E-state index contributed by atoms with van der Waals surface area (Å²) in [4.78, 5) is 25.2. The van der Waals surface area contributed by atoms with Crippen molar-refractivity contribution in [3.05, 3.63) is 58.6 Å². The monoisotopic (exact) mass is 419 g/mol. The molecular weight excluding hydrogens is 406 g/mol. The predicted molar refractivity (Wildman–Crippen MR) is 95.8 cm³/mol. The van der Waals surface area contributed by atoms with Gasteiger partial charge in [-0.1, -0.05) is 34.1 Å². The standard InChI is InChI=1S/C18H14BrNO4S/c19-12-6-7-16-15(10-12)18(9-8-13(21)11-18)17(22)20(16)25(23,24)14-4-2-1-3-5-14/h1-7,10H,8-9,11H2/t18-/m1/s1. The number of rotatable bonds is 2. The Balaban J connectivity index is 1.94. The van der Waals surface area contributed by atoms with Crippen LogP contribution in [0.1, 0.15) is 24.8 Å². The minimum atomic E-state index is -4.04. The van der Waals surface area contributed by atoms with Crippen molar-refractivity contribution in [2.75, 3.05) is 4.31 Å². The van der Waals surface area contributed by atoms with Gasteiger partial charge in [-0.2, -0.15) is 0 Å². The van der Waals surface area contributed by atoms with E-state index < -0.39 is 21.3 Å². The van der Waals surface area contributed by atoms with Crippen LogP contribution in [-0.2, 0) is 25.0 Å². The van der Waals surface area contributed by atoms with Gasteiger partial charge in [0, 0.05) is 17.3 Å². The molecule has 1 atom stereocenters. The Morgan fingerprint density at radius 2 is 1.76 bits per heavy atom. The first-order valence-electron chi connectivity index (χ1n) is 7.83. The van der Waals surface area contributed by atoms with Crippen molar-refractivity contribution in [1.82, 2.24) is 0 Å². The second-order valence-electron chi connectivity index (χ2n) is 6.35. The summed E-state index contributed by atoms with van der Waals surface area (Å²) in [6, 6.07) is 13.0. The average molecular weight is 420 g/mol. The Bertz CT molecular complexity index is 1000. The Labute approximate surface area is 153 Å². The van der Waals surface area contributed by atoms with E-state index in [1.165, 1.54) is 12.1 Å². The molecule has 0 aromatic heterocycles. The number of halogens is 1. The van der Waals surface area contributed by atoms with Crippen LogP contribution in [-0.4, -0.2) is 20.1 Å². The number of Topliss-reactive ketones (excluding diaryl/α,β-unsaturated/α-hetero) is 1. The number of benzene rings is 2. The van der Waals surface area contributed by atoms with Gasteiger partial charge in [-0.3, -0.25) is 9.59 Å². The zero-order chi connectivity index (χ0) is 17.8. The second-order valence-corrected chi connectivity index (χ2v) is 9.05. The number of ketones is 1. The van der Waals surface area contributed by atoms with Crippen molar-refractivity contribution >= 4 is 43.3 Å². The number of hydrogen-bond donors (Lipinski definition) is 0. The molecule has 0 bridgehead atoms. The van der Waals surface area contributed by atoms with Crippen LogP contribution >= 0.6 is 15.9 Å². The van der Waals surface area contributed by atoms with E-state index in [4.69, 9.17) is 0 Å². The van der Waals surface area contributed by atoms with Gasteiger partial charge in [0.1, 0.15) is 5.78 Å². The summed E-state index contributed by atoms with van der Waals surface area (Å²) in [5.74, 6) is -0.548. The lowest BCUT2D eigenvalue weighted by Gasteiger charge is -2.22. The molecule has 0 N–H and O–H groups in total. The molecule has 2 aliphatic rings. The van der Waals surface area contributed by atoms with Gasteiger partial charge in [0.15, 0.2) is 0 Å². The van der Waals surface area contributed by atoms with E-state index >= 15 is 0 Å². The highest BCUT2D eigenvalue weighted by Crippen LogP contribution is 2.52. The van der Waals surface area contributed by atoms with E-state index in [0.717, 1.165) is 8.78 Å². The molecule has 128 valence electrons. The molecule has 1 saturated carbocycles. The van der Waals surface area contributed by atoms with Gasteiger partial charge < -0.3 is 0 Å². The number of carbonyl (C=O) groups excluding carboxylic acids is 2. The molecule has 1 fully saturated rings. The maximum atomic E-state index is 13.2. The highest BCUT2D eigenvalue weighted by Gasteiger charge is 2.57. The molecule has 1 aliphatic carbocycles. The number of nitrogens with zero attached hydrogens (tertiary/aromatic N) is 1. The molecule has 0 radical (unpaired) electrons. The van der Waals surface area contributed by atoms with Crippen LogP contribution in [0, 0.1) is 0 Å². The van der Waals surface area contributed by atoms with E-state index in [0.29, 0.717) is 17.7 Å². The molecule has 0 unspecified atom stereocenters. The molecule has 1 heterocycles. The quantitative estimate of drug-likeness (QED) is 0.749. The summed E-state index contributed by atoms with van der Waals surface area (Å²) in [6.45, 7) is 0. The maximum Gasteiger partial charge on any atom is 0.270 e. The van der Waals surface area contributed by atoms with Crippen molar-refractivity contribution in [2.45, 2.75) is 29.6 Å². The lowest BCUT2D eigenvalue weighted by molar-refractivity contribution is -0.124. The zero-order valence-corrected chi connectivity index (χ0v) is 15.5. The van der Waals surface area contributed by atoms with Crippen LogP contribution in [0.5, 0.6) is 0 Å². The number of sulfonamides is 1. The number of amides is 1. The molecule has 5 nitrogen and oxygen atoms in total. The molecule has 4 rings (SSSR count). The van der Waals surface area contributed by atoms with Gasteiger partial charge in [0.05, 0.1) is 16.0 Å². The fraction of sp³-hybridized carbons (Fsp3) is 0.222. The highest BCUT2D eigenvalue weighted by molar-refractivity contribution is 9.10. The number of carbonyl (C=O) groups is 2. The van der Waals surface area contributed by atoms with Crippen LogP contribution in [0.3, 0.4) is 0 Å². The largest absolute Gasteiger partial charge is 0.300 e. The summed E-state index contributed by atoms with van der Waals surface area (Å²) >= 11 is 3.38. The van der Waals surface area contributed by atoms with Crippen molar-refractivity contribution in [1.29, 1.82) is 0 Å². The fourth-order valence-electron chi connectivity index (χ4n) is 3.70. The number of hydrogen-bond acceptors (Lipinski definition) is 4. The first-order chi connectivity index (χ1) is 11.9. The lowest BCUT2D eigenvalue weighted by atomic mass is 9.80. The van der Waals surface area contributed by atoms with Gasteiger partial charge in [-0.25, -0.2) is 12.7 Å². The van der Waals surface area contributed by atoms with Crippen LogP contribution < -0.4 is 4.31 Å². The van der Waals surface area contributed by atoms with Gasteiger partial charge in [0.25, 0.3) is 15.9 Å². The van der Waals surface area contributed by atoms with Crippen molar-refractivity contribution < 1.29 is 18.0 Å². The molecule has 1 amide bonds. The molecule has 1 aliphatic heterocycles. The third-order valence-electron chi connectivity index (χ3n) is 4.90. The van der Waals surface area contributed by atoms with Gasteiger partial charge in [0.2, 0.25) is 0 Å². The van der Waals surface area contributed by atoms with Crippen LogP contribution in [0.2, 0.25) is 0 Å². The minimum Gasteiger partial charge on any atom is -0.300 e. The smallest absolute Gasteiger partial charge is 0.270 e. The van der Waals surface area contributed by atoms with E-state index in [1.54, 1.807) is 36.4 Å². The van der Waals surface area contributed by atoms with E-state index in [2.05, 4.69) is 15.9 Å². The van der Waals surface area contributed by atoms with Crippen molar-refractivity contribution in [3.63, 3.8) is 0 Å². The van der Waals surface area contributed by atoms with E-state index in [9.17, 15) is 18.0 Å². The molecule has 1 spiro atoms. The fourth-order valence-corrected chi connectivity index (χ4v) is 5.59. The van der Waals surface area contributed by atoms with Crippen molar-refractivity contribution in [2.24, 2.45) is 0 Å². The lowest BCUT2D eigenvalue weighted by Crippen LogP contribution is -2.42. The molecular formula is C18H14BrNO4S. The topological polar surface area (TPSA) is 71.5 Å². The first kappa shape index (κ1) is 16.5. The third-order valence-corrected chi connectivity index (χ3v) is 7.10. The summed E-state index contributed by atoms with van der Waals surface area (Å²) in [6.07, 6.45) is 0.682. The highest BCUT2D eigenvalue weighted by atomic mass is 79.9. The second kappa shape index (κ2) is 5.51.